The Morgan fingerprint density at radius 1 is 1.10 bits per heavy atom. The fourth-order valence-electron chi connectivity index (χ4n) is 2.33. The first kappa shape index (κ1) is 14.5. The van der Waals surface area contributed by atoms with Crippen molar-refractivity contribution >= 4 is 5.69 Å². The molecule has 0 aliphatic heterocycles. The Hall–Kier alpha value is -1.87. The van der Waals surface area contributed by atoms with Gasteiger partial charge < -0.3 is 10.4 Å². The molecule has 20 heavy (non-hydrogen) atoms. The lowest BCUT2D eigenvalue weighted by atomic mass is 10.0. The van der Waals surface area contributed by atoms with Crippen LogP contribution in [-0.2, 0) is 6.42 Å². The molecule has 0 amide bonds. The molecule has 0 aromatic heterocycles. The number of nitrogens with one attached hydrogen (secondary N) is 1. The quantitative estimate of drug-likeness (QED) is 0.865. The number of aliphatic hydroxyl groups is 1. The van der Waals surface area contributed by atoms with E-state index in [4.69, 9.17) is 0 Å². The number of hydrogen-bond donors (Lipinski definition) is 2. The van der Waals surface area contributed by atoms with E-state index in [9.17, 15) is 9.50 Å². The minimum Gasteiger partial charge on any atom is -0.389 e. The molecule has 0 radical (unpaired) electrons. The average molecular weight is 273 g/mol. The molecule has 0 fully saturated rings. The third kappa shape index (κ3) is 3.81. The molecule has 0 saturated carbocycles. The molecular formula is C17H20FNO. The van der Waals surface area contributed by atoms with Gasteiger partial charge in [-0.2, -0.15) is 0 Å². The topological polar surface area (TPSA) is 32.3 Å². The van der Waals surface area contributed by atoms with Crippen LogP contribution in [0.5, 0.6) is 0 Å². The van der Waals surface area contributed by atoms with E-state index in [0.717, 1.165) is 23.2 Å². The molecule has 2 atom stereocenters. The Morgan fingerprint density at radius 2 is 1.85 bits per heavy atom. The van der Waals surface area contributed by atoms with E-state index in [2.05, 4.69) is 5.32 Å². The lowest BCUT2D eigenvalue weighted by Crippen LogP contribution is -2.19. The second-order valence-electron chi connectivity index (χ2n) is 5.14. The predicted octanol–water partition coefficient (Wildman–Crippen LogP) is 3.92. The third-order valence-electron chi connectivity index (χ3n) is 3.24. The smallest absolute Gasteiger partial charge is 0.123 e. The van der Waals surface area contributed by atoms with Gasteiger partial charge in [-0.3, -0.25) is 0 Å². The maximum atomic E-state index is 13.2. The van der Waals surface area contributed by atoms with E-state index in [1.54, 1.807) is 19.1 Å². The fourth-order valence-corrected chi connectivity index (χ4v) is 2.33. The molecule has 2 N–H and O–H groups in total. The lowest BCUT2D eigenvalue weighted by Gasteiger charge is -2.19. The molecule has 0 aliphatic carbocycles. The summed E-state index contributed by atoms with van der Waals surface area (Å²) in [6.45, 7) is 3.79. The molecule has 0 heterocycles. The largest absolute Gasteiger partial charge is 0.389 e. The van der Waals surface area contributed by atoms with Crippen molar-refractivity contribution in [2.75, 3.05) is 5.32 Å². The van der Waals surface area contributed by atoms with Gasteiger partial charge in [0.25, 0.3) is 0 Å². The number of para-hydroxylation sites is 1. The summed E-state index contributed by atoms with van der Waals surface area (Å²) >= 11 is 0. The summed E-state index contributed by atoms with van der Waals surface area (Å²) in [6, 6.07) is 14.5. The molecule has 2 unspecified atom stereocenters. The minimum atomic E-state index is -0.514. The average Bonchev–Trinajstić information content (AvgIpc) is 2.38. The van der Waals surface area contributed by atoms with Gasteiger partial charge in [0, 0.05) is 17.3 Å². The van der Waals surface area contributed by atoms with Crippen LogP contribution in [0, 0.1) is 5.82 Å². The second kappa shape index (κ2) is 6.53. The summed E-state index contributed by atoms with van der Waals surface area (Å²) < 4.78 is 13.2. The number of rotatable bonds is 5. The van der Waals surface area contributed by atoms with Crippen LogP contribution < -0.4 is 5.32 Å². The van der Waals surface area contributed by atoms with Crippen molar-refractivity contribution in [2.24, 2.45) is 0 Å². The SMILES string of the molecule is CC(Cc1cccc(F)c1)Nc1ccccc1C(C)O. The second-order valence-corrected chi connectivity index (χ2v) is 5.14. The molecule has 3 heteroatoms. The number of hydrogen-bond acceptors (Lipinski definition) is 2. The van der Waals surface area contributed by atoms with E-state index < -0.39 is 6.10 Å². The molecule has 0 aliphatic rings. The Kier molecular flexibility index (Phi) is 4.74. The van der Waals surface area contributed by atoms with Gasteiger partial charge in [-0.1, -0.05) is 30.3 Å². The predicted molar refractivity (Wildman–Crippen MR) is 80.3 cm³/mol. The highest BCUT2D eigenvalue weighted by Crippen LogP contribution is 2.23. The van der Waals surface area contributed by atoms with Crippen LogP contribution in [0.4, 0.5) is 10.1 Å². The number of anilines is 1. The zero-order valence-electron chi connectivity index (χ0n) is 11.8. The van der Waals surface area contributed by atoms with Crippen molar-refractivity contribution in [1.82, 2.24) is 0 Å². The summed E-state index contributed by atoms with van der Waals surface area (Å²) in [7, 11) is 0. The van der Waals surface area contributed by atoms with Crippen LogP contribution >= 0.6 is 0 Å². The maximum Gasteiger partial charge on any atom is 0.123 e. The van der Waals surface area contributed by atoms with Crippen LogP contribution in [0.15, 0.2) is 48.5 Å². The number of aliphatic hydroxyl groups excluding tert-OH is 1. The van der Waals surface area contributed by atoms with Gasteiger partial charge in [-0.25, -0.2) is 4.39 Å². The molecule has 2 aromatic carbocycles. The van der Waals surface area contributed by atoms with E-state index in [1.165, 1.54) is 6.07 Å². The fraction of sp³-hybridized carbons (Fsp3) is 0.294. The Bertz CT molecular complexity index is 568. The molecule has 0 bridgehead atoms. The van der Waals surface area contributed by atoms with Crippen molar-refractivity contribution in [1.29, 1.82) is 0 Å². The van der Waals surface area contributed by atoms with E-state index >= 15 is 0 Å². The van der Waals surface area contributed by atoms with Gasteiger partial charge in [0.15, 0.2) is 0 Å². The molecule has 106 valence electrons. The summed E-state index contributed by atoms with van der Waals surface area (Å²) in [5.74, 6) is -0.209. The highest BCUT2D eigenvalue weighted by atomic mass is 19.1. The molecular weight excluding hydrogens is 253 g/mol. The van der Waals surface area contributed by atoms with Crippen molar-refractivity contribution in [2.45, 2.75) is 32.4 Å². The maximum absolute atomic E-state index is 13.2. The van der Waals surface area contributed by atoms with Gasteiger partial charge in [0.2, 0.25) is 0 Å². The first-order valence-corrected chi connectivity index (χ1v) is 6.84. The molecule has 0 spiro atoms. The monoisotopic (exact) mass is 273 g/mol. The van der Waals surface area contributed by atoms with Crippen LogP contribution in [0.1, 0.15) is 31.1 Å². The Balaban J connectivity index is 2.06. The zero-order valence-corrected chi connectivity index (χ0v) is 11.8. The van der Waals surface area contributed by atoms with Crippen LogP contribution in [0.3, 0.4) is 0 Å². The summed E-state index contributed by atoms with van der Waals surface area (Å²) in [5, 5.41) is 13.1. The van der Waals surface area contributed by atoms with Gasteiger partial charge in [-0.15, -0.1) is 0 Å². The molecule has 0 saturated heterocycles. The van der Waals surface area contributed by atoms with Gasteiger partial charge in [-0.05, 0) is 44.0 Å². The van der Waals surface area contributed by atoms with Crippen LogP contribution in [0.25, 0.3) is 0 Å². The normalized spacial score (nSPS) is 13.8. The Morgan fingerprint density at radius 3 is 2.55 bits per heavy atom. The van der Waals surface area contributed by atoms with Crippen molar-refractivity contribution < 1.29 is 9.50 Å². The number of halogens is 1. The van der Waals surface area contributed by atoms with E-state index in [0.29, 0.717) is 0 Å². The van der Waals surface area contributed by atoms with Crippen LogP contribution in [-0.4, -0.2) is 11.1 Å². The Labute approximate surface area is 119 Å². The van der Waals surface area contributed by atoms with E-state index in [1.807, 2.05) is 37.3 Å². The highest BCUT2D eigenvalue weighted by Gasteiger charge is 2.10. The first-order valence-electron chi connectivity index (χ1n) is 6.84. The zero-order chi connectivity index (χ0) is 14.5. The summed E-state index contributed by atoms with van der Waals surface area (Å²) in [4.78, 5) is 0. The third-order valence-corrected chi connectivity index (χ3v) is 3.24. The lowest BCUT2D eigenvalue weighted by molar-refractivity contribution is 0.200. The van der Waals surface area contributed by atoms with Crippen molar-refractivity contribution in [3.8, 4) is 0 Å². The van der Waals surface area contributed by atoms with Gasteiger partial charge >= 0.3 is 0 Å². The van der Waals surface area contributed by atoms with Gasteiger partial charge in [0.05, 0.1) is 6.10 Å². The summed E-state index contributed by atoms with van der Waals surface area (Å²) in [6.07, 6.45) is 0.214. The first-order chi connectivity index (χ1) is 9.56. The molecule has 2 nitrogen and oxygen atoms in total. The van der Waals surface area contributed by atoms with Gasteiger partial charge in [0.1, 0.15) is 5.82 Å². The highest BCUT2D eigenvalue weighted by molar-refractivity contribution is 5.52. The molecule has 2 aromatic rings. The van der Waals surface area contributed by atoms with Crippen LogP contribution in [0.2, 0.25) is 0 Å². The standard InChI is InChI=1S/C17H20FNO/c1-12(10-14-6-5-7-15(18)11-14)19-17-9-4-3-8-16(17)13(2)20/h3-9,11-13,19-20H,10H2,1-2H3. The molecule has 2 rings (SSSR count). The minimum absolute atomic E-state index is 0.150. The van der Waals surface area contributed by atoms with Crippen molar-refractivity contribution in [3.05, 3.63) is 65.5 Å². The van der Waals surface area contributed by atoms with E-state index in [-0.39, 0.29) is 11.9 Å². The summed E-state index contributed by atoms with van der Waals surface area (Å²) in [5.41, 5.74) is 2.75. The van der Waals surface area contributed by atoms with Crippen molar-refractivity contribution in [3.63, 3.8) is 0 Å². The number of benzene rings is 2.